The summed E-state index contributed by atoms with van der Waals surface area (Å²) in [5.74, 6) is 0.719. The largest absolute Gasteiger partial charge is 0.479 e. The van der Waals surface area contributed by atoms with E-state index in [0.29, 0.717) is 0 Å². The number of hydrogen-bond acceptors (Lipinski definition) is 3. The van der Waals surface area contributed by atoms with E-state index in [1.54, 1.807) is 30.3 Å². The van der Waals surface area contributed by atoms with Crippen molar-refractivity contribution in [1.29, 1.82) is 0 Å². The lowest BCUT2D eigenvalue weighted by Gasteiger charge is -2.35. The van der Waals surface area contributed by atoms with Crippen molar-refractivity contribution in [1.82, 2.24) is 4.98 Å². The molecule has 0 saturated heterocycles. The maximum absolute atomic E-state index is 11.9. The fraction of sp³-hybridized carbons (Fsp3) is 0.455. The second kappa shape index (κ2) is 3.53. The van der Waals surface area contributed by atoms with Crippen LogP contribution in [-0.2, 0) is 4.79 Å². The molecule has 1 amide bonds. The Kier molecular flexibility index (Phi) is 2.34. The van der Waals surface area contributed by atoms with E-state index in [4.69, 9.17) is 4.74 Å². The van der Waals surface area contributed by atoms with Gasteiger partial charge in [-0.2, -0.15) is 0 Å². The van der Waals surface area contributed by atoms with Crippen molar-refractivity contribution < 1.29 is 9.53 Å². The lowest BCUT2D eigenvalue weighted by Crippen LogP contribution is -2.47. The molecular formula is C11H14N2O2. The lowest BCUT2D eigenvalue weighted by molar-refractivity contribution is -0.125. The number of nitrogens with zero attached hydrogens (tertiary/aromatic N) is 2. The molecule has 15 heavy (non-hydrogen) atoms. The number of aromatic nitrogens is 1. The van der Waals surface area contributed by atoms with E-state index in [9.17, 15) is 4.79 Å². The molecule has 0 unspecified atom stereocenters. The molecule has 2 heterocycles. The van der Waals surface area contributed by atoms with Crippen molar-refractivity contribution >= 4 is 11.6 Å². The Morgan fingerprint density at radius 2 is 2.27 bits per heavy atom. The molecule has 0 bridgehead atoms. The third-order valence-corrected chi connectivity index (χ3v) is 2.43. The molecule has 0 aromatic carbocycles. The van der Waals surface area contributed by atoms with Crippen LogP contribution in [0.3, 0.4) is 0 Å². The quantitative estimate of drug-likeness (QED) is 0.701. The number of rotatable bonds is 1. The first-order chi connectivity index (χ1) is 7.11. The van der Waals surface area contributed by atoms with Gasteiger partial charge in [0.25, 0.3) is 5.91 Å². The smallest absolute Gasteiger partial charge is 0.268 e. The first kappa shape index (κ1) is 9.96. The van der Waals surface area contributed by atoms with E-state index >= 15 is 0 Å². The van der Waals surface area contributed by atoms with Crippen LogP contribution in [0.4, 0.5) is 5.69 Å². The zero-order valence-corrected chi connectivity index (χ0v) is 9.10. The topological polar surface area (TPSA) is 42.4 Å². The zero-order valence-electron chi connectivity index (χ0n) is 9.10. The molecule has 1 aliphatic heterocycles. The number of carbonyl (C=O) groups excluding carboxylic acids is 1. The predicted molar refractivity (Wildman–Crippen MR) is 56.9 cm³/mol. The molecule has 4 heteroatoms. The summed E-state index contributed by atoms with van der Waals surface area (Å²) in [5, 5.41) is 0. The highest BCUT2D eigenvalue weighted by Crippen LogP contribution is 2.33. The number of pyridine rings is 1. The van der Waals surface area contributed by atoms with Gasteiger partial charge in [-0.15, -0.1) is 0 Å². The highest BCUT2D eigenvalue weighted by atomic mass is 16.5. The van der Waals surface area contributed by atoms with Gasteiger partial charge < -0.3 is 9.64 Å². The van der Waals surface area contributed by atoms with Gasteiger partial charge in [-0.25, -0.2) is 0 Å². The molecule has 80 valence electrons. The van der Waals surface area contributed by atoms with E-state index < -0.39 is 6.10 Å². The first-order valence-electron chi connectivity index (χ1n) is 5.05. The first-order valence-corrected chi connectivity index (χ1v) is 5.05. The highest BCUT2D eigenvalue weighted by Gasteiger charge is 2.32. The zero-order chi connectivity index (χ0) is 11.0. The summed E-state index contributed by atoms with van der Waals surface area (Å²) in [6, 6.07) is 1.90. The van der Waals surface area contributed by atoms with E-state index in [-0.39, 0.29) is 11.9 Å². The molecule has 0 radical (unpaired) electrons. The van der Waals surface area contributed by atoms with Crippen LogP contribution in [0.1, 0.15) is 20.8 Å². The Morgan fingerprint density at radius 1 is 1.53 bits per heavy atom. The number of fused-ring (bicyclic) bond motifs is 1. The molecule has 0 aliphatic carbocycles. The summed E-state index contributed by atoms with van der Waals surface area (Å²) in [4.78, 5) is 17.7. The third-order valence-electron chi connectivity index (χ3n) is 2.43. The fourth-order valence-electron chi connectivity index (χ4n) is 1.74. The summed E-state index contributed by atoms with van der Waals surface area (Å²) < 4.78 is 5.49. The number of carbonyl (C=O) groups is 1. The molecule has 0 saturated carbocycles. The molecule has 1 atom stereocenters. The normalized spacial score (nSPS) is 20.1. The van der Waals surface area contributed by atoms with E-state index in [1.807, 2.05) is 13.8 Å². The van der Waals surface area contributed by atoms with Gasteiger partial charge in [0.05, 0.1) is 6.20 Å². The number of hydrogen-bond donors (Lipinski definition) is 0. The van der Waals surface area contributed by atoms with Crippen LogP contribution in [-0.4, -0.2) is 23.0 Å². The summed E-state index contributed by atoms with van der Waals surface area (Å²) in [7, 11) is 0. The highest BCUT2D eigenvalue weighted by molar-refractivity contribution is 5.99. The maximum Gasteiger partial charge on any atom is 0.268 e. The van der Waals surface area contributed by atoms with Gasteiger partial charge in [0.2, 0.25) is 0 Å². The summed E-state index contributed by atoms with van der Waals surface area (Å²) >= 11 is 0. The molecule has 0 N–H and O–H groups in total. The average Bonchev–Trinajstić information content (AvgIpc) is 2.19. The van der Waals surface area contributed by atoms with Crippen molar-refractivity contribution in [2.24, 2.45) is 0 Å². The van der Waals surface area contributed by atoms with Crippen molar-refractivity contribution in [2.45, 2.75) is 32.9 Å². The Hall–Kier alpha value is -1.58. The minimum Gasteiger partial charge on any atom is -0.479 e. The molecular weight excluding hydrogens is 192 g/mol. The summed E-state index contributed by atoms with van der Waals surface area (Å²) in [6.45, 7) is 5.72. The van der Waals surface area contributed by atoms with Gasteiger partial charge >= 0.3 is 0 Å². The van der Waals surface area contributed by atoms with E-state index in [0.717, 1.165) is 11.4 Å². The number of ether oxygens (including phenoxy) is 1. The minimum atomic E-state index is -0.415. The van der Waals surface area contributed by atoms with Crippen LogP contribution in [0.5, 0.6) is 5.75 Å². The molecule has 0 fully saturated rings. The molecule has 1 aromatic rings. The summed E-state index contributed by atoms with van der Waals surface area (Å²) in [6.07, 6.45) is 2.92. The van der Waals surface area contributed by atoms with Gasteiger partial charge in [0.15, 0.2) is 6.10 Å². The number of anilines is 1. The van der Waals surface area contributed by atoms with Gasteiger partial charge in [0, 0.05) is 18.3 Å². The molecule has 1 aromatic heterocycles. The van der Waals surface area contributed by atoms with Crippen LogP contribution in [0.25, 0.3) is 0 Å². The maximum atomic E-state index is 11.9. The van der Waals surface area contributed by atoms with Crippen LogP contribution in [0, 0.1) is 0 Å². The van der Waals surface area contributed by atoms with Crippen LogP contribution < -0.4 is 9.64 Å². The summed E-state index contributed by atoms with van der Waals surface area (Å²) in [5.41, 5.74) is 0.760. The Balaban J connectivity index is 2.49. The molecule has 1 aliphatic rings. The van der Waals surface area contributed by atoms with Crippen LogP contribution >= 0.6 is 0 Å². The van der Waals surface area contributed by atoms with Crippen LogP contribution in [0.15, 0.2) is 18.5 Å². The Bertz CT molecular complexity index is 390. The van der Waals surface area contributed by atoms with Crippen LogP contribution in [0.2, 0.25) is 0 Å². The van der Waals surface area contributed by atoms with Crippen molar-refractivity contribution in [2.75, 3.05) is 4.90 Å². The van der Waals surface area contributed by atoms with Gasteiger partial charge in [0.1, 0.15) is 11.4 Å². The van der Waals surface area contributed by atoms with Crippen molar-refractivity contribution in [3.63, 3.8) is 0 Å². The van der Waals surface area contributed by atoms with Gasteiger partial charge in [-0.3, -0.25) is 9.78 Å². The standard InChI is InChI=1S/C11H14N2O2/c1-7(2)13-9-6-12-5-4-10(9)15-8(3)11(13)14/h4-8H,1-3H3/t8-/m1/s1. The average molecular weight is 206 g/mol. The SMILES string of the molecule is CC(C)N1C(=O)[C@@H](C)Oc2ccncc21. The Labute approximate surface area is 88.9 Å². The fourth-order valence-corrected chi connectivity index (χ4v) is 1.74. The van der Waals surface area contributed by atoms with E-state index in [2.05, 4.69) is 4.98 Å². The van der Waals surface area contributed by atoms with Crippen molar-refractivity contribution in [3.05, 3.63) is 18.5 Å². The lowest BCUT2D eigenvalue weighted by atomic mass is 10.2. The van der Waals surface area contributed by atoms with E-state index in [1.165, 1.54) is 0 Å². The number of amides is 1. The van der Waals surface area contributed by atoms with Gasteiger partial charge in [-0.1, -0.05) is 0 Å². The predicted octanol–water partition coefficient (Wildman–Crippen LogP) is 1.60. The molecule has 4 nitrogen and oxygen atoms in total. The van der Waals surface area contributed by atoms with Gasteiger partial charge in [-0.05, 0) is 20.8 Å². The second-order valence-corrected chi connectivity index (χ2v) is 3.91. The monoisotopic (exact) mass is 206 g/mol. The van der Waals surface area contributed by atoms with Crippen molar-refractivity contribution in [3.8, 4) is 5.75 Å². The molecule has 2 rings (SSSR count). The Morgan fingerprint density at radius 3 is 2.93 bits per heavy atom. The minimum absolute atomic E-state index is 0.00880. The third kappa shape index (κ3) is 1.56. The second-order valence-electron chi connectivity index (χ2n) is 3.91. The molecule has 0 spiro atoms.